The Morgan fingerprint density at radius 1 is 0.800 bits per heavy atom. The van der Waals surface area contributed by atoms with Gasteiger partial charge in [0.05, 0.1) is 39.8 Å². The van der Waals surface area contributed by atoms with Crippen LogP contribution >= 0.6 is 0 Å². The number of imide groups is 2. The molecule has 4 rings (SSSR count). The van der Waals surface area contributed by atoms with Crippen molar-refractivity contribution in [3.63, 3.8) is 0 Å². The average molecular weight is 482 g/mol. The molecule has 0 aliphatic carbocycles. The fourth-order valence-corrected chi connectivity index (χ4v) is 4.22. The Kier molecular flexibility index (Phi) is 6.81. The van der Waals surface area contributed by atoms with E-state index < -0.39 is 17.8 Å². The monoisotopic (exact) mass is 481 g/mol. The Morgan fingerprint density at radius 3 is 2.09 bits per heavy atom. The molecule has 2 aliphatic rings. The average Bonchev–Trinajstić information content (AvgIpc) is 3.41. The highest BCUT2D eigenvalue weighted by atomic mass is 16.5. The number of anilines is 2. The van der Waals surface area contributed by atoms with Gasteiger partial charge in [0.15, 0.2) is 0 Å². The molecule has 0 radical (unpaired) electrons. The van der Waals surface area contributed by atoms with Crippen molar-refractivity contribution in [1.82, 2.24) is 5.32 Å². The van der Waals surface area contributed by atoms with E-state index in [-0.39, 0.29) is 17.0 Å². The van der Waals surface area contributed by atoms with Gasteiger partial charge in [0.25, 0.3) is 11.8 Å². The van der Waals surface area contributed by atoms with Crippen LogP contribution in [0.15, 0.2) is 35.9 Å². The van der Waals surface area contributed by atoms with E-state index in [1.807, 2.05) is 6.07 Å². The Bertz CT molecular complexity index is 1200. The highest BCUT2D eigenvalue weighted by molar-refractivity contribution is 6.39. The first-order valence-corrected chi connectivity index (χ1v) is 11.1. The molecule has 0 atom stereocenters. The molecule has 184 valence electrons. The van der Waals surface area contributed by atoms with Crippen molar-refractivity contribution in [3.05, 3.63) is 41.5 Å². The van der Waals surface area contributed by atoms with Crippen LogP contribution in [0.1, 0.15) is 18.4 Å². The van der Waals surface area contributed by atoms with Crippen LogP contribution in [0, 0.1) is 0 Å². The van der Waals surface area contributed by atoms with Crippen molar-refractivity contribution in [3.8, 4) is 23.0 Å². The van der Waals surface area contributed by atoms with Gasteiger partial charge < -0.3 is 23.8 Å². The minimum absolute atomic E-state index is 0.170. The second kappa shape index (κ2) is 9.96. The molecule has 0 bridgehead atoms. The van der Waals surface area contributed by atoms with Crippen molar-refractivity contribution in [2.24, 2.45) is 0 Å². The molecule has 0 saturated carbocycles. The SMILES string of the molecule is COc1ccc(N2C(=O)NC(=O)/C(=C\c3cc(OC)c(N4CCCC4)cc3OC)C2=O)c(OC)c1. The predicted molar refractivity (Wildman–Crippen MR) is 130 cm³/mol. The van der Waals surface area contributed by atoms with Crippen LogP contribution in [0.4, 0.5) is 16.2 Å². The molecule has 0 spiro atoms. The summed E-state index contributed by atoms with van der Waals surface area (Å²) in [5.41, 5.74) is 1.27. The topological polar surface area (TPSA) is 107 Å². The third-order valence-electron chi connectivity index (χ3n) is 6.01. The number of methoxy groups -OCH3 is 4. The highest BCUT2D eigenvalue weighted by Crippen LogP contribution is 2.39. The number of nitrogens with one attached hydrogen (secondary N) is 1. The molecule has 2 aliphatic heterocycles. The summed E-state index contributed by atoms with van der Waals surface area (Å²) < 4.78 is 21.7. The van der Waals surface area contributed by atoms with Gasteiger partial charge in [-0.2, -0.15) is 0 Å². The van der Waals surface area contributed by atoms with Crippen molar-refractivity contribution in [2.45, 2.75) is 12.8 Å². The molecule has 1 N–H and O–H groups in total. The zero-order valence-corrected chi connectivity index (χ0v) is 20.0. The number of rotatable bonds is 7. The van der Waals surface area contributed by atoms with E-state index in [1.165, 1.54) is 33.5 Å². The number of amides is 4. The van der Waals surface area contributed by atoms with Crippen molar-refractivity contribution >= 4 is 35.3 Å². The number of hydrogen-bond donors (Lipinski definition) is 1. The van der Waals surface area contributed by atoms with E-state index in [2.05, 4.69) is 10.2 Å². The lowest BCUT2D eigenvalue weighted by molar-refractivity contribution is -0.122. The van der Waals surface area contributed by atoms with E-state index in [0.717, 1.165) is 36.5 Å². The van der Waals surface area contributed by atoms with Crippen molar-refractivity contribution in [1.29, 1.82) is 0 Å². The Morgan fingerprint density at radius 2 is 1.46 bits per heavy atom. The maximum Gasteiger partial charge on any atom is 0.336 e. The molecule has 2 aromatic rings. The first-order chi connectivity index (χ1) is 16.9. The van der Waals surface area contributed by atoms with Gasteiger partial charge in [0.1, 0.15) is 28.6 Å². The molecule has 0 aromatic heterocycles. The minimum atomic E-state index is -0.880. The summed E-state index contributed by atoms with van der Waals surface area (Å²) in [7, 11) is 5.97. The number of barbiturate groups is 1. The molecule has 2 heterocycles. The lowest BCUT2D eigenvalue weighted by Crippen LogP contribution is -2.54. The van der Waals surface area contributed by atoms with Crippen LogP contribution < -0.4 is 34.1 Å². The van der Waals surface area contributed by atoms with Gasteiger partial charge in [-0.15, -0.1) is 0 Å². The number of ether oxygens (including phenoxy) is 4. The first kappa shape index (κ1) is 23.9. The molecule has 10 heteroatoms. The summed E-state index contributed by atoms with van der Waals surface area (Å²) in [4.78, 5) is 41.8. The fourth-order valence-electron chi connectivity index (χ4n) is 4.22. The van der Waals surface area contributed by atoms with E-state index >= 15 is 0 Å². The van der Waals surface area contributed by atoms with E-state index in [0.29, 0.717) is 22.8 Å². The summed E-state index contributed by atoms with van der Waals surface area (Å²) in [5, 5.41) is 2.22. The van der Waals surface area contributed by atoms with E-state index in [4.69, 9.17) is 18.9 Å². The highest BCUT2D eigenvalue weighted by Gasteiger charge is 2.38. The zero-order valence-electron chi connectivity index (χ0n) is 20.0. The molecule has 10 nitrogen and oxygen atoms in total. The third kappa shape index (κ3) is 4.46. The third-order valence-corrected chi connectivity index (χ3v) is 6.01. The standard InChI is InChI=1S/C25H27N3O7/c1-32-16-7-8-18(22(13-16)35-4)28-24(30)17(23(29)26-25(28)31)11-15-12-21(34-3)19(14-20(15)33-2)27-9-5-6-10-27/h7-8,11-14H,5-6,9-10H2,1-4H3,(H,26,29,31)/b17-11+. The molecule has 4 amide bonds. The largest absolute Gasteiger partial charge is 0.497 e. The molecule has 2 aromatic carbocycles. The second-order valence-corrected chi connectivity index (χ2v) is 7.96. The fraction of sp³-hybridized carbons (Fsp3) is 0.320. The summed E-state index contributed by atoms with van der Waals surface area (Å²) >= 11 is 0. The lowest BCUT2D eigenvalue weighted by Gasteiger charge is -2.28. The summed E-state index contributed by atoms with van der Waals surface area (Å²) in [6, 6.07) is 7.31. The van der Waals surface area contributed by atoms with Crippen LogP contribution in [-0.4, -0.2) is 59.4 Å². The number of urea groups is 1. The van der Waals surface area contributed by atoms with Gasteiger partial charge in [-0.1, -0.05) is 0 Å². The number of carbonyl (C=O) groups is 3. The minimum Gasteiger partial charge on any atom is -0.497 e. The Hall–Kier alpha value is -4.21. The maximum absolute atomic E-state index is 13.4. The molecule has 35 heavy (non-hydrogen) atoms. The van der Waals surface area contributed by atoms with Crippen LogP contribution in [0.3, 0.4) is 0 Å². The van der Waals surface area contributed by atoms with Crippen LogP contribution in [0.25, 0.3) is 6.08 Å². The normalized spacial score (nSPS) is 17.0. The summed E-state index contributed by atoms with van der Waals surface area (Å²) in [6.07, 6.45) is 3.57. The zero-order chi connectivity index (χ0) is 25.1. The van der Waals surface area contributed by atoms with Gasteiger partial charge in [-0.3, -0.25) is 14.9 Å². The van der Waals surface area contributed by atoms with Crippen molar-refractivity contribution < 1.29 is 33.3 Å². The van der Waals surface area contributed by atoms with Crippen LogP contribution in [0.5, 0.6) is 23.0 Å². The van der Waals surface area contributed by atoms with Gasteiger partial charge in [0, 0.05) is 30.8 Å². The predicted octanol–water partition coefficient (Wildman–Crippen LogP) is 2.99. The van der Waals surface area contributed by atoms with Crippen LogP contribution in [0.2, 0.25) is 0 Å². The smallest absolute Gasteiger partial charge is 0.336 e. The molecular weight excluding hydrogens is 454 g/mol. The first-order valence-electron chi connectivity index (χ1n) is 11.1. The van der Waals surface area contributed by atoms with Crippen LogP contribution in [-0.2, 0) is 9.59 Å². The molecule has 2 saturated heterocycles. The van der Waals surface area contributed by atoms with Crippen molar-refractivity contribution in [2.75, 3.05) is 51.3 Å². The Labute approximate surface area is 203 Å². The quantitative estimate of drug-likeness (QED) is 0.475. The van der Waals surface area contributed by atoms with Gasteiger partial charge in [-0.25, -0.2) is 9.69 Å². The van der Waals surface area contributed by atoms with E-state index in [9.17, 15) is 14.4 Å². The molecular formula is C25H27N3O7. The Balaban J connectivity index is 1.77. The lowest BCUT2D eigenvalue weighted by atomic mass is 10.0. The maximum atomic E-state index is 13.4. The van der Waals surface area contributed by atoms with Gasteiger partial charge in [0.2, 0.25) is 0 Å². The summed E-state index contributed by atoms with van der Waals surface area (Å²) in [6.45, 7) is 1.81. The molecule has 2 fully saturated rings. The van der Waals surface area contributed by atoms with Gasteiger partial charge >= 0.3 is 6.03 Å². The number of nitrogens with zero attached hydrogens (tertiary/aromatic N) is 2. The van der Waals surface area contributed by atoms with E-state index in [1.54, 1.807) is 25.3 Å². The number of carbonyl (C=O) groups excluding carboxylic acids is 3. The second-order valence-electron chi connectivity index (χ2n) is 7.96. The number of hydrogen-bond acceptors (Lipinski definition) is 8. The molecule has 0 unspecified atom stereocenters. The van der Waals surface area contributed by atoms with Gasteiger partial charge in [-0.05, 0) is 37.1 Å². The summed E-state index contributed by atoms with van der Waals surface area (Å²) in [5.74, 6) is 0.160. The number of benzene rings is 2.